The highest BCUT2D eigenvalue weighted by molar-refractivity contribution is 7.22. The van der Waals surface area contributed by atoms with Crippen molar-refractivity contribution in [3.05, 3.63) is 120 Å². The average molecular weight is 909 g/mol. The molecule has 0 radical (unpaired) electrons. The lowest BCUT2D eigenvalue weighted by atomic mass is 9.98. The van der Waals surface area contributed by atoms with Gasteiger partial charge in [-0.05, 0) is 66.2 Å². The zero-order chi connectivity index (χ0) is 44.3. The van der Waals surface area contributed by atoms with Crippen molar-refractivity contribution in [1.29, 1.82) is 0 Å². The molecule has 6 heterocycles. The maximum absolute atomic E-state index is 14.2. The molecule has 2 atom stereocenters. The van der Waals surface area contributed by atoms with E-state index in [9.17, 15) is 29.9 Å². The van der Waals surface area contributed by atoms with E-state index < -0.39 is 24.0 Å². The number of carboxylic acid groups (broad SMARTS) is 1. The summed E-state index contributed by atoms with van der Waals surface area (Å²) in [5.74, 6) is -0.880. The zero-order valence-electron chi connectivity index (χ0n) is 33.6. The number of benzene rings is 4. The maximum atomic E-state index is 14.2. The molecule has 0 saturated carbocycles. The first-order chi connectivity index (χ1) is 31.1. The van der Waals surface area contributed by atoms with Gasteiger partial charge in [-0.2, -0.15) is 5.06 Å². The Morgan fingerprint density at radius 2 is 1.75 bits per heavy atom. The number of halogens is 2. The number of carboxylic acids is 1. The second-order valence-corrected chi connectivity index (χ2v) is 16.3. The molecule has 4 aromatic carbocycles. The van der Waals surface area contributed by atoms with Gasteiger partial charge in [-0.1, -0.05) is 35.9 Å². The minimum Gasteiger partial charge on any atom is -0.506 e. The van der Waals surface area contributed by atoms with E-state index in [-0.39, 0.29) is 59.2 Å². The number of aromatic nitrogens is 4. The summed E-state index contributed by atoms with van der Waals surface area (Å²) in [7, 11) is 0. The third-order valence-electron chi connectivity index (χ3n) is 10.7. The molecule has 328 valence electrons. The molecule has 0 unspecified atom stereocenters. The Morgan fingerprint density at radius 3 is 2.55 bits per heavy atom. The number of hydroxylamine groups is 2. The number of aromatic hydroxyl groups is 1. The highest BCUT2D eigenvalue weighted by Gasteiger charge is 2.30. The van der Waals surface area contributed by atoms with Crippen molar-refractivity contribution in [2.24, 2.45) is 0 Å². The van der Waals surface area contributed by atoms with Crippen LogP contribution in [-0.2, 0) is 17.8 Å². The van der Waals surface area contributed by atoms with Gasteiger partial charge in [0.15, 0.2) is 11.6 Å². The van der Waals surface area contributed by atoms with Crippen molar-refractivity contribution < 1.29 is 53.7 Å². The van der Waals surface area contributed by atoms with Crippen LogP contribution in [0.5, 0.6) is 34.6 Å². The Bertz CT molecular complexity index is 2830. The quantitative estimate of drug-likeness (QED) is 0.0813. The Balaban J connectivity index is 1.13. The van der Waals surface area contributed by atoms with Gasteiger partial charge >= 0.3 is 5.97 Å². The number of para-hydroxylation sites is 1. The number of aliphatic carboxylic acids is 1. The van der Waals surface area contributed by atoms with Gasteiger partial charge in [0.1, 0.15) is 64.3 Å². The molecule has 3 aliphatic rings. The summed E-state index contributed by atoms with van der Waals surface area (Å²) in [4.78, 5) is 38.6. The van der Waals surface area contributed by atoms with Crippen LogP contribution in [-0.4, -0.2) is 108 Å². The summed E-state index contributed by atoms with van der Waals surface area (Å²) >= 11 is 8.15. The molecule has 4 bridgehead atoms. The first-order valence-electron chi connectivity index (χ1n) is 20.0. The molecule has 16 nitrogen and oxygen atoms in total. The Labute approximate surface area is 373 Å². The number of thiophene rings is 1. The van der Waals surface area contributed by atoms with Gasteiger partial charge in [0, 0.05) is 66.9 Å². The van der Waals surface area contributed by atoms with Gasteiger partial charge in [-0.15, -0.1) is 11.3 Å². The summed E-state index contributed by atoms with van der Waals surface area (Å²) in [5, 5.41) is 43.5. The predicted octanol–water partition coefficient (Wildman–Crippen LogP) is 7.63. The monoisotopic (exact) mass is 908 g/mol. The highest BCUT2D eigenvalue weighted by Crippen LogP contribution is 2.52. The number of fused-ring (bicyclic) bond motifs is 7. The fourth-order valence-electron chi connectivity index (χ4n) is 7.55. The SMILES string of the molecule is O=C(O)[C@H]1Cc2cc(ccc2OCc2ccnc(-c3ccccc3OO)n2)OC[C@@H](CN2CCN(O)CC2)Oc2ccc(c(O)c2Cl)-c2c(-c3ccc(F)cc3)sc3ncnc(c23)O1. The second-order valence-electron chi connectivity index (χ2n) is 14.9. The number of phenolic OH excluding ortho intramolecular Hbond substituents is 1. The molecule has 10 rings (SSSR count). The van der Waals surface area contributed by atoms with Crippen LogP contribution in [0.25, 0.3) is 43.2 Å². The Hall–Kier alpha value is -6.67. The van der Waals surface area contributed by atoms with Crippen LogP contribution >= 0.6 is 22.9 Å². The fourth-order valence-corrected chi connectivity index (χ4v) is 8.91. The first-order valence-corrected chi connectivity index (χ1v) is 21.2. The van der Waals surface area contributed by atoms with E-state index in [1.165, 1.54) is 34.9 Å². The van der Waals surface area contributed by atoms with E-state index in [4.69, 9.17) is 30.5 Å². The topological polar surface area (TPSA) is 202 Å². The molecular weight excluding hydrogens is 871 g/mol. The number of piperazine rings is 1. The van der Waals surface area contributed by atoms with Crippen LogP contribution in [0.3, 0.4) is 0 Å². The van der Waals surface area contributed by atoms with Crippen LogP contribution in [0.15, 0.2) is 97.5 Å². The molecule has 64 heavy (non-hydrogen) atoms. The summed E-state index contributed by atoms with van der Waals surface area (Å²) in [6.45, 7) is 2.28. The van der Waals surface area contributed by atoms with Crippen molar-refractivity contribution in [2.75, 3.05) is 39.3 Å². The van der Waals surface area contributed by atoms with Gasteiger partial charge < -0.3 is 39.3 Å². The van der Waals surface area contributed by atoms with E-state index in [1.807, 2.05) is 0 Å². The van der Waals surface area contributed by atoms with Crippen LogP contribution in [0.4, 0.5) is 4.39 Å². The average Bonchev–Trinajstić information content (AvgIpc) is 3.70. The first kappa shape index (κ1) is 42.6. The van der Waals surface area contributed by atoms with Crippen molar-refractivity contribution in [3.63, 3.8) is 0 Å². The van der Waals surface area contributed by atoms with Crippen molar-refractivity contribution >= 4 is 39.1 Å². The standard InChI is InChI=1S/C45H38ClFN6O10S/c46-39-35-12-10-32(40(39)54)37-38-43(49-24-50-44(38)64-41(37)25-5-7-27(47)8-6-25)62-36(45(55)56)20-26-19-29(59-23-30(61-35)21-52-15-17-53(57)18-16-52)9-11-33(26)60-22-28-13-14-48-42(51-28)31-3-1-2-4-34(31)63-58/h1-14,19,24,30,36,54,57-58H,15-18,20-23H2,(H,55,56)/t30-,36-/m1/s1. The lowest BCUT2D eigenvalue weighted by molar-refractivity contribution is -0.145. The van der Waals surface area contributed by atoms with Crippen LogP contribution in [0.2, 0.25) is 5.02 Å². The number of hydrogen-bond donors (Lipinski definition) is 4. The van der Waals surface area contributed by atoms with E-state index in [0.717, 1.165) is 0 Å². The molecule has 4 N–H and O–H groups in total. The lowest BCUT2D eigenvalue weighted by Gasteiger charge is -2.33. The summed E-state index contributed by atoms with van der Waals surface area (Å²) < 4.78 is 39.7. The molecule has 7 aromatic rings. The normalized spacial score (nSPS) is 16.9. The lowest BCUT2D eigenvalue weighted by Crippen LogP contribution is -2.49. The van der Waals surface area contributed by atoms with Gasteiger partial charge in [-0.3, -0.25) is 4.90 Å². The number of rotatable bonds is 9. The van der Waals surface area contributed by atoms with Crippen LogP contribution < -0.4 is 23.8 Å². The minimum atomic E-state index is -1.55. The molecule has 0 amide bonds. The van der Waals surface area contributed by atoms with Gasteiger partial charge in [0.05, 0.1) is 16.6 Å². The molecule has 0 aliphatic carbocycles. The van der Waals surface area contributed by atoms with E-state index in [2.05, 4.69) is 29.7 Å². The number of carbonyl (C=O) groups is 1. The highest BCUT2D eigenvalue weighted by atomic mass is 35.5. The van der Waals surface area contributed by atoms with Gasteiger partial charge in [-0.25, -0.2) is 34.4 Å². The molecular formula is C45H38ClFN6O10S. The molecule has 3 aromatic heterocycles. The number of hydrogen-bond acceptors (Lipinski definition) is 16. The predicted molar refractivity (Wildman–Crippen MR) is 232 cm³/mol. The molecule has 3 aliphatic heterocycles. The van der Waals surface area contributed by atoms with Crippen LogP contribution in [0, 0.1) is 5.82 Å². The zero-order valence-corrected chi connectivity index (χ0v) is 35.2. The Morgan fingerprint density at radius 1 is 0.938 bits per heavy atom. The van der Waals surface area contributed by atoms with Crippen molar-refractivity contribution in [2.45, 2.75) is 25.2 Å². The Kier molecular flexibility index (Phi) is 12.4. The van der Waals surface area contributed by atoms with Crippen molar-refractivity contribution in [1.82, 2.24) is 29.9 Å². The van der Waals surface area contributed by atoms with E-state index in [1.54, 1.807) is 79.0 Å². The summed E-state index contributed by atoms with van der Waals surface area (Å²) in [6, 6.07) is 22.4. The third kappa shape index (κ3) is 9.05. The van der Waals surface area contributed by atoms with Gasteiger partial charge in [0.2, 0.25) is 12.0 Å². The number of ether oxygens (including phenoxy) is 4. The van der Waals surface area contributed by atoms with E-state index >= 15 is 0 Å². The molecule has 1 fully saturated rings. The summed E-state index contributed by atoms with van der Waals surface area (Å²) in [5.41, 5.74) is 2.55. The van der Waals surface area contributed by atoms with E-state index in [0.29, 0.717) is 87.3 Å². The molecule has 19 heteroatoms. The second kappa shape index (κ2) is 18.6. The van der Waals surface area contributed by atoms with Gasteiger partial charge in [0.25, 0.3) is 0 Å². The molecule has 1 saturated heterocycles. The summed E-state index contributed by atoms with van der Waals surface area (Å²) in [6.07, 6.45) is 0.370. The minimum absolute atomic E-state index is 0.000321. The number of nitrogens with zero attached hydrogens (tertiary/aromatic N) is 6. The number of phenols is 1. The fraction of sp³-hybridized carbons (Fsp3) is 0.222. The van der Waals surface area contributed by atoms with Crippen molar-refractivity contribution in [3.8, 4) is 67.6 Å². The maximum Gasteiger partial charge on any atom is 0.345 e. The van der Waals surface area contributed by atoms with Crippen LogP contribution in [0.1, 0.15) is 11.3 Å². The smallest absolute Gasteiger partial charge is 0.345 e. The largest absolute Gasteiger partial charge is 0.506 e. The third-order valence-corrected chi connectivity index (χ3v) is 12.2. The molecule has 0 spiro atoms.